The quantitative estimate of drug-likeness (QED) is 0.286. The number of amides is 2. The zero-order valence-electron chi connectivity index (χ0n) is 19.4. The average molecular weight is 538 g/mol. The van der Waals surface area contributed by atoms with Crippen LogP contribution in [0.2, 0.25) is 5.02 Å². The molecule has 0 saturated carbocycles. The van der Waals surface area contributed by atoms with Crippen LogP contribution in [-0.2, 0) is 17.4 Å². The van der Waals surface area contributed by atoms with E-state index in [9.17, 15) is 27.9 Å². The molecule has 3 aromatic carbocycles. The number of phenols is 1. The van der Waals surface area contributed by atoms with Crippen molar-refractivity contribution in [2.75, 3.05) is 12.4 Å². The lowest BCUT2D eigenvalue weighted by Crippen LogP contribution is -2.17. The molecule has 0 spiro atoms. The van der Waals surface area contributed by atoms with Gasteiger partial charge in [0.1, 0.15) is 11.5 Å². The first-order valence-corrected chi connectivity index (χ1v) is 10.9. The van der Waals surface area contributed by atoms with Crippen molar-refractivity contribution in [1.82, 2.24) is 5.43 Å². The van der Waals surface area contributed by atoms with Crippen molar-refractivity contribution in [3.05, 3.63) is 87.9 Å². The van der Waals surface area contributed by atoms with Crippen molar-refractivity contribution >= 4 is 35.3 Å². The number of nitrogens with zero attached hydrogens (tertiary/aromatic N) is 1. The van der Waals surface area contributed by atoms with Crippen molar-refractivity contribution in [2.24, 2.45) is 5.10 Å². The molecule has 0 heterocycles. The maximum absolute atomic E-state index is 12.7. The lowest BCUT2D eigenvalue weighted by atomic mass is 10.1. The number of aryl methyl sites for hydroxylation is 1. The van der Waals surface area contributed by atoms with Crippen molar-refractivity contribution in [2.45, 2.75) is 19.0 Å². The molecule has 196 valence electrons. The maximum atomic E-state index is 12.7. The summed E-state index contributed by atoms with van der Waals surface area (Å²) >= 11 is 5.80. The summed E-state index contributed by atoms with van der Waals surface area (Å²) in [5.74, 6) is -0.628. The van der Waals surface area contributed by atoms with Gasteiger partial charge in [-0.15, -0.1) is 0 Å². The van der Waals surface area contributed by atoms with Gasteiger partial charge in [-0.05, 0) is 54.4 Å². The number of aromatic hydroxyl groups is 1. The SMILES string of the molecule is COc1cc(NC(=O)CCc2ccc(C(F)(F)F)cc2)ccc1/C=N/NC(=O)c1ccc(O)c(Cl)c1.O. The zero-order valence-corrected chi connectivity index (χ0v) is 20.2. The Hall–Kier alpha value is -4.09. The summed E-state index contributed by atoms with van der Waals surface area (Å²) < 4.78 is 43.3. The highest BCUT2D eigenvalue weighted by molar-refractivity contribution is 6.32. The van der Waals surface area contributed by atoms with Gasteiger partial charge in [-0.1, -0.05) is 23.7 Å². The Morgan fingerprint density at radius 2 is 1.78 bits per heavy atom. The molecule has 0 aromatic heterocycles. The summed E-state index contributed by atoms with van der Waals surface area (Å²) in [6.45, 7) is 0. The number of alkyl halides is 3. The second-order valence-electron chi connectivity index (χ2n) is 7.56. The lowest BCUT2D eigenvalue weighted by Gasteiger charge is -2.10. The second-order valence-corrected chi connectivity index (χ2v) is 7.97. The third-order valence-electron chi connectivity index (χ3n) is 5.02. The van der Waals surface area contributed by atoms with Crippen molar-refractivity contribution in [3.8, 4) is 11.5 Å². The number of methoxy groups -OCH3 is 1. The van der Waals surface area contributed by atoms with Crippen LogP contribution in [0.25, 0.3) is 0 Å². The zero-order chi connectivity index (χ0) is 26.3. The third kappa shape index (κ3) is 8.23. The second kappa shape index (κ2) is 12.7. The predicted octanol–water partition coefficient (Wildman–Crippen LogP) is 4.58. The van der Waals surface area contributed by atoms with E-state index in [1.807, 2.05) is 0 Å². The molecule has 0 saturated heterocycles. The summed E-state index contributed by atoms with van der Waals surface area (Å²) in [7, 11) is 1.43. The van der Waals surface area contributed by atoms with E-state index >= 15 is 0 Å². The molecule has 0 aliphatic heterocycles. The summed E-state index contributed by atoms with van der Waals surface area (Å²) in [5.41, 5.74) is 3.38. The smallest absolute Gasteiger partial charge is 0.416 e. The Kier molecular flexibility index (Phi) is 10.0. The molecule has 5 N–H and O–H groups in total. The van der Waals surface area contributed by atoms with Crippen LogP contribution >= 0.6 is 11.6 Å². The van der Waals surface area contributed by atoms with E-state index in [1.165, 1.54) is 43.7 Å². The minimum Gasteiger partial charge on any atom is -0.506 e. The van der Waals surface area contributed by atoms with E-state index in [4.69, 9.17) is 16.3 Å². The number of carbonyl (C=O) groups excluding carboxylic acids is 2. The van der Waals surface area contributed by atoms with Crippen LogP contribution in [0.15, 0.2) is 65.8 Å². The highest BCUT2D eigenvalue weighted by Gasteiger charge is 2.29. The van der Waals surface area contributed by atoms with E-state index in [1.54, 1.807) is 18.2 Å². The number of benzene rings is 3. The van der Waals surface area contributed by atoms with E-state index in [0.717, 1.165) is 12.1 Å². The summed E-state index contributed by atoms with van der Waals surface area (Å²) in [5, 5.41) is 16.1. The number of nitrogens with one attached hydrogen (secondary N) is 2. The van der Waals surface area contributed by atoms with Crippen LogP contribution in [0.1, 0.15) is 33.5 Å². The average Bonchev–Trinajstić information content (AvgIpc) is 2.84. The predicted molar refractivity (Wildman–Crippen MR) is 133 cm³/mol. The molecule has 2 amide bonds. The van der Waals surface area contributed by atoms with Crippen LogP contribution < -0.4 is 15.5 Å². The molecule has 8 nitrogen and oxygen atoms in total. The van der Waals surface area contributed by atoms with Crippen molar-refractivity contribution in [3.63, 3.8) is 0 Å². The van der Waals surface area contributed by atoms with Gasteiger partial charge >= 0.3 is 6.18 Å². The number of hydrazone groups is 1. The summed E-state index contributed by atoms with van der Waals surface area (Å²) in [4.78, 5) is 24.5. The van der Waals surface area contributed by atoms with Gasteiger partial charge in [0.15, 0.2) is 0 Å². The van der Waals surface area contributed by atoms with Crippen LogP contribution in [0, 0.1) is 0 Å². The maximum Gasteiger partial charge on any atom is 0.416 e. The summed E-state index contributed by atoms with van der Waals surface area (Å²) in [6, 6.07) is 13.5. The fourth-order valence-corrected chi connectivity index (χ4v) is 3.29. The number of phenolic OH excluding ortho intramolecular Hbond substituents is 1. The number of hydrogen-bond acceptors (Lipinski definition) is 5. The number of anilines is 1. The van der Waals surface area contributed by atoms with Gasteiger partial charge in [0.25, 0.3) is 5.91 Å². The Balaban J connectivity index is 0.00000481. The van der Waals surface area contributed by atoms with Crippen LogP contribution in [0.3, 0.4) is 0 Å². The molecule has 3 rings (SSSR count). The molecule has 12 heteroatoms. The Labute approximate surface area is 215 Å². The van der Waals surface area contributed by atoms with Gasteiger partial charge < -0.3 is 20.6 Å². The minimum atomic E-state index is -4.40. The fourth-order valence-electron chi connectivity index (χ4n) is 3.11. The minimum absolute atomic E-state index is 0. The van der Waals surface area contributed by atoms with Crippen molar-refractivity contribution in [1.29, 1.82) is 0 Å². The molecule has 0 atom stereocenters. The van der Waals surface area contributed by atoms with Crippen LogP contribution in [0.4, 0.5) is 18.9 Å². The first-order valence-electron chi connectivity index (χ1n) is 10.5. The molecular formula is C25H23ClF3N3O5. The number of rotatable bonds is 8. The molecular weight excluding hydrogens is 515 g/mol. The van der Waals surface area contributed by atoms with E-state index < -0.39 is 17.6 Å². The van der Waals surface area contributed by atoms with Crippen molar-refractivity contribution < 1.29 is 38.1 Å². The molecule has 0 aliphatic rings. The van der Waals surface area contributed by atoms with Crippen LogP contribution in [-0.4, -0.2) is 35.7 Å². The number of carbonyl (C=O) groups is 2. The molecule has 0 aliphatic carbocycles. The Morgan fingerprint density at radius 3 is 2.41 bits per heavy atom. The standard InChI is InChI=1S/C25H21ClF3N3O4.H2O/c1-36-22-13-19(31-23(34)11-4-15-2-7-18(8-3-15)25(27,28)29)9-5-17(22)14-30-32-24(35)16-6-10-21(33)20(26)12-16;/h2-3,5-10,12-14,33H,4,11H2,1H3,(H,31,34)(H,32,35);1H2/b30-14+;. The Morgan fingerprint density at radius 1 is 1.08 bits per heavy atom. The topological polar surface area (TPSA) is 132 Å². The summed E-state index contributed by atoms with van der Waals surface area (Å²) in [6.07, 6.45) is -2.70. The Bertz CT molecular complexity index is 1280. The normalized spacial score (nSPS) is 11.1. The fraction of sp³-hybridized carbons (Fsp3) is 0.160. The van der Waals surface area contributed by atoms with Gasteiger partial charge in [0, 0.05) is 29.3 Å². The van der Waals surface area contributed by atoms with E-state index in [0.29, 0.717) is 22.6 Å². The molecule has 0 radical (unpaired) electrons. The van der Waals surface area contributed by atoms with Crippen LogP contribution in [0.5, 0.6) is 11.5 Å². The third-order valence-corrected chi connectivity index (χ3v) is 5.32. The largest absolute Gasteiger partial charge is 0.506 e. The molecule has 0 bridgehead atoms. The van der Waals surface area contributed by atoms with E-state index in [2.05, 4.69) is 15.8 Å². The molecule has 37 heavy (non-hydrogen) atoms. The molecule has 0 unspecified atom stereocenters. The van der Waals surface area contributed by atoms with Gasteiger partial charge in [-0.3, -0.25) is 9.59 Å². The monoisotopic (exact) mass is 537 g/mol. The number of hydrogen-bond donors (Lipinski definition) is 3. The van der Waals surface area contributed by atoms with E-state index in [-0.39, 0.29) is 40.6 Å². The highest BCUT2D eigenvalue weighted by atomic mass is 35.5. The first-order chi connectivity index (χ1) is 17.1. The number of ether oxygens (including phenoxy) is 1. The van der Waals surface area contributed by atoms with Gasteiger partial charge in [0.05, 0.1) is 23.9 Å². The first kappa shape index (κ1) is 29.1. The van der Waals surface area contributed by atoms with Gasteiger partial charge in [-0.2, -0.15) is 18.3 Å². The molecule has 0 fully saturated rings. The lowest BCUT2D eigenvalue weighted by molar-refractivity contribution is -0.137. The highest BCUT2D eigenvalue weighted by Crippen LogP contribution is 2.29. The number of halogens is 4. The molecule has 3 aromatic rings. The van der Waals surface area contributed by atoms with Gasteiger partial charge in [0.2, 0.25) is 5.91 Å². The van der Waals surface area contributed by atoms with Gasteiger partial charge in [-0.25, -0.2) is 5.43 Å².